The maximum absolute atomic E-state index is 12.1. The maximum atomic E-state index is 12.1. The molecule has 1 heterocycles. The zero-order valence-corrected chi connectivity index (χ0v) is 12.8. The lowest BCUT2D eigenvalue weighted by atomic mass is 9.96. The van der Waals surface area contributed by atoms with Gasteiger partial charge in [0.25, 0.3) is 0 Å². The van der Waals surface area contributed by atoms with E-state index in [0.29, 0.717) is 11.3 Å². The predicted molar refractivity (Wildman–Crippen MR) is 77.9 cm³/mol. The van der Waals surface area contributed by atoms with E-state index >= 15 is 0 Å². The average Bonchev–Trinajstić information content (AvgIpc) is 2.37. The van der Waals surface area contributed by atoms with Crippen molar-refractivity contribution in [3.8, 4) is 0 Å². The number of esters is 1. The molecule has 1 aliphatic heterocycles. The Bertz CT molecular complexity index is 584. The zero-order chi connectivity index (χ0) is 14.7. The van der Waals surface area contributed by atoms with Crippen LogP contribution in [0, 0.1) is 0 Å². The Morgan fingerprint density at radius 3 is 2.85 bits per heavy atom. The van der Waals surface area contributed by atoms with Crippen LogP contribution in [0.15, 0.2) is 40.0 Å². The van der Waals surface area contributed by atoms with Crippen LogP contribution in [0.4, 0.5) is 4.79 Å². The number of hydrogen-bond donors (Lipinski definition) is 2. The van der Waals surface area contributed by atoms with Crippen LogP contribution in [0.3, 0.4) is 0 Å². The van der Waals surface area contributed by atoms with E-state index in [1.54, 1.807) is 13.8 Å². The largest absolute Gasteiger partial charge is 0.463 e. The van der Waals surface area contributed by atoms with Crippen LogP contribution in [0.1, 0.15) is 25.5 Å². The minimum atomic E-state index is -0.514. The molecular weight excluding hydrogens is 324 g/mol. The molecule has 6 heteroatoms. The van der Waals surface area contributed by atoms with Gasteiger partial charge in [0.1, 0.15) is 0 Å². The Kier molecular flexibility index (Phi) is 4.44. The summed E-state index contributed by atoms with van der Waals surface area (Å²) in [4.78, 5) is 23.7. The van der Waals surface area contributed by atoms with Crippen molar-refractivity contribution in [2.45, 2.75) is 19.9 Å². The lowest BCUT2D eigenvalue weighted by molar-refractivity contribution is -0.139. The number of halogens is 1. The van der Waals surface area contributed by atoms with Crippen LogP contribution in [0.5, 0.6) is 0 Å². The first kappa shape index (κ1) is 14.6. The highest BCUT2D eigenvalue weighted by Gasteiger charge is 2.31. The number of ether oxygens (including phenoxy) is 1. The Morgan fingerprint density at radius 1 is 1.45 bits per heavy atom. The monoisotopic (exact) mass is 338 g/mol. The van der Waals surface area contributed by atoms with Crippen molar-refractivity contribution in [1.82, 2.24) is 10.6 Å². The Hall–Kier alpha value is -1.82. The van der Waals surface area contributed by atoms with E-state index in [9.17, 15) is 9.59 Å². The van der Waals surface area contributed by atoms with Gasteiger partial charge in [-0.05, 0) is 31.5 Å². The van der Waals surface area contributed by atoms with Crippen LogP contribution in [-0.2, 0) is 9.53 Å². The normalized spacial score (nSPS) is 18.4. The first-order valence-electron chi connectivity index (χ1n) is 6.23. The molecule has 0 spiro atoms. The third-order valence-electron chi connectivity index (χ3n) is 2.95. The van der Waals surface area contributed by atoms with Gasteiger partial charge >= 0.3 is 12.0 Å². The minimum absolute atomic E-state index is 0.286. The first-order chi connectivity index (χ1) is 9.52. The molecule has 0 radical (unpaired) electrons. The summed E-state index contributed by atoms with van der Waals surface area (Å²) in [7, 11) is 0. The third kappa shape index (κ3) is 3.01. The van der Waals surface area contributed by atoms with E-state index in [1.165, 1.54) is 0 Å². The fourth-order valence-corrected chi connectivity index (χ4v) is 2.53. The van der Waals surface area contributed by atoms with Crippen molar-refractivity contribution >= 4 is 27.9 Å². The van der Waals surface area contributed by atoms with E-state index in [0.717, 1.165) is 10.0 Å². The van der Waals surface area contributed by atoms with Crippen molar-refractivity contribution in [3.05, 3.63) is 45.6 Å². The van der Waals surface area contributed by atoms with E-state index in [2.05, 4.69) is 26.6 Å². The molecule has 2 rings (SSSR count). The van der Waals surface area contributed by atoms with Crippen LogP contribution in [0.2, 0.25) is 0 Å². The number of urea groups is 1. The lowest BCUT2D eigenvalue weighted by Gasteiger charge is -2.28. The molecule has 0 bridgehead atoms. The van der Waals surface area contributed by atoms with Gasteiger partial charge in [0, 0.05) is 10.2 Å². The fraction of sp³-hybridized carbons (Fsp3) is 0.286. The lowest BCUT2D eigenvalue weighted by Crippen LogP contribution is -2.45. The Balaban J connectivity index is 2.44. The molecule has 0 unspecified atom stereocenters. The number of benzene rings is 1. The number of rotatable bonds is 3. The maximum Gasteiger partial charge on any atom is 0.338 e. The highest BCUT2D eigenvalue weighted by molar-refractivity contribution is 9.10. The van der Waals surface area contributed by atoms with Crippen molar-refractivity contribution in [3.63, 3.8) is 0 Å². The summed E-state index contributed by atoms with van der Waals surface area (Å²) >= 11 is 3.39. The molecule has 1 aliphatic rings. The molecule has 1 aromatic rings. The van der Waals surface area contributed by atoms with Crippen LogP contribution < -0.4 is 10.6 Å². The Morgan fingerprint density at radius 2 is 2.20 bits per heavy atom. The molecule has 106 valence electrons. The van der Waals surface area contributed by atoms with Gasteiger partial charge in [-0.1, -0.05) is 28.1 Å². The third-order valence-corrected chi connectivity index (χ3v) is 3.44. The van der Waals surface area contributed by atoms with Gasteiger partial charge in [-0.2, -0.15) is 0 Å². The van der Waals surface area contributed by atoms with Crippen LogP contribution in [0.25, 0.3) is 0 Å². The number of hydrogen-bond acceptors (Lipinski definition) is 3. The van der Waals surface area contributed by atoms with Crippen molar-refractivity contribution in [2.24, 2.45) is 0 Å². The first-order valence-corrected chi connectivity index (χ1v) is 7.03. The van der Waals surface area contributed by atoms with Crippen molar-refractivity contribution in [2.75, 3.05) is 6.61 Å². The highest BCUT2D eigenvalue weighted by atomic mass is 79.9. The van der Waals surface area contributed by atoms with E-state index in [1.807, 2.05) is 24.3 Å². The molecule has 1 aromatic carbocycles. The molecular formula is C14H15BrN2O3. The molecule has 0 saturated heterocycles. The van der Waals surface area contributed by atoms with Gasteiger partial charge in [-0.25, -0.2) is 9.59 Å². The zero-order valence-electron chi connectivity index (χ0n) is 11.2. The van der Waals surface area contributed by atoms with Crippen LogP contribution >= 0.6 is 15.9 Å². The summed E-state index contributed by atoms with van der Waals surface area (Å²) in [6, 6.07) is 6.61. The number of carbonyl (C=O) groups excluding carboxylic acids is 2. The number of carbonyl (C=O) groups is 2. The van der Waals surface area contributed by atoms with Gasteiger partial charge in [-0.3, -0.25) is 0 Å². The van der Waals surface area contributed by atoms with Crippen molar-refractivity contribution < 1.29 is 14.3 Å². The summed E-state index contributed by atoms with van der Waals surface area (Å²) in [5.74, 6) is -0.428. The molecule has 2 amide bonds. The summed E-state index contributed by atoms with van der Waals surface area (Å²) in [6.07, 6.45) is 0. The standard InChI is InChI=1S/C14H15BrN2O3/c1-3-20-13(18)11-8(2)16-14(19)17-12(11)9-5-4-6-10(15)7-9/h4-7,12H,3H2,1-2H3,(H2,16,17,19)/t12-/m0/s1. The van der Waals surface area contributed by atoms with Crippen LogP contribution in [-0.4, -0.2) is 18.6 Å². The minimum Gasteiger partial charge on any atom is -0.463 e. The molecule has 0 aliphatic carbocycles. The van der Waals surface area contributed by atoms with Gasteiger partial charge in [0.15, 0.2) is 0 Å². The second-order valence-corrected chi connectivity index (χ2v) is 5.26. The fourth-order valence-electron chi connectivity index (χ4n) is 2.11. The molecule has 2 N–H and O–H groups in total. The smallest absolute Gasteiger partial charge is 0.338 e. The SMILES string of the molecule is CCOC(=O)C1=C(C)NC(=O)N[C@H]1c1cccc(Br)c1. The van der Waals surface area contributed by atoms with Gasteiger partial charge < -0.3 is 15.4 Å². The highest BCUT2D eigenvalue weighted by Crippen LogP contribution is 2.29. The summed E-state index contributed by atoms with van der Waals surface area (Å²) in [5, 5.41) is 5.35. The molecule has 0 fully saturated rings. The second-order valence-electron chi connectivity index (χ2n) is 4.35. The van der Waals surface area contributed by atoms with Gasteiger partial charge in [-0.15, -0.1) is 0 Å². The van der Waals surface area contributed by atoms with Gasteiger partial charge in [0.2, 0.25) is 0 Å². The number of nitrogens with one attached hydrogen (secondary N) is 2. The molecule has 1 atom stereocenters. The van der Waals surface area contributed by atoms with Gasteiger partial charge in [0.05, 0.1) is 18.2 Å². The van der Waals surface area contributed by atoms with Crippen molar-refractivity contribution in [1.29, 1.82) is 0 Å². The number of allylic oxidation sites excluding steroid dienone is 1. The molecule has 0 aromatic heterocycles. The van der Waals surface area contributed by atoms with E-state index in [-0.39, 0.29) is 12.6 Å². The second kappa shape index (κ2) is 6.09. The quantitative estimate of drug-likeness (QED) is 0.832. The topological polar surface area (TPSA) is 67.4 Å². The average molecular weight is 339 g/mol. The molecule has 20 heavy (non-hydrogen) atoms. The van der Waals surface area contributed by atoms with E-state index < -0.39 is 12.0 Å². The number of amides is 2. The Labute approximate surface area is 125 Å². The molecule has 0 saturated carbocycles. The summed E-state index contributed by atoms with van der Waals surface area (Å²) in [5.41, 5.74) is 1.75. The summed E-state index contributed by atoms with van der Waals surface area (Å²) < 4.78 is 5.95. The molecule has 5 nitrogen and oxygen atoms in total. The van der Waals surface area contributed by atoms with E-state index in [4.69, 9.17) is 4.74 Å². The predicted octanol–water partition coefficient (Wildman–Crippen LogP) is 2.64. The summed E-state index contributed by atoms with van der Waals surface area (Å²) in [6.45, 7) is 3.72.